The van der Waals surface area contributed by atoms with Crippen molar-refractivity contribution in [2.45, 2.75) is 29.7 Å². The van der Waals surface area contributed by atoms with Gasteiger partial charge in [0, 0.05) is 16.3 Å². The van der Waals surface area contributed by atoms with Crippen molar-refractivity contribution in [3.63, 3.8) is 0 Å². The first kappa shape index (κ1) is 18.6. The highest BCUT2D eigenvalue weighted by Gasteiger charge is 2.20. The van der Waals surface area contributed by atoms with Gasteiger partial charge >= 0.3 is 5.97 Å². The summed E-state index contributed by atoms with van der Waals surface area (Å²) < 4.78 is 5.26. The molecule has 0 saturated carbocycles. The Kier molecular flexibility index (Phi) is 6.61. The van der Waals surface area contributed by atoms with E-state index >= 15 is 0 Å². The molecule has 0 aromatic heterocycles. The Hall–Kier alpha value is -2.78. The number of amides is 1. The Morgan fingerprint density at radius 1 is 1.16 bits per heavy atom. The van der Waals surface area contributed by atoms with Gasteiger partial charge in [0.15, 0.2) is 6.10 Å². The quantitative estimate of drug-likeness (QED) is 0.805. The zero-order valence-electron chi connectivity index (χ0n) is 14.0. The molecule has 0 fully saturated rings. The molecule has 128 valence electrons. The number of nitrogens with zero attached hydrogens (tertiary/aromatic N) is 1. The van der Waals surface area contributed by atoms with Gasteiger partial charge in [-0.2, -0.15) is 5.26 Å². The molecule has 0 spiro atoms. The molecule has 1 N–H and O–H groups in total. The Morgan fingerprint density at radius 2 is 1.80 bits per heavy atom. The summed E-state index contributed by atoms with van der Waals surface area (Å²) in [4.78, 5) is 25.6. The molecule has 2 aromatic carbocycles. The standard InChI is InChI=1S/C19H18N2O3S/c1-3-21-18(22)13(2)24-19(23)15-9-5-7-11-17(15)25-16-10-6-4-8-14(16)12-20/h4-11,13H,3H2,1-2H3,(H,21,22)/t13-/m1/s1. The number of ether oxygens (including phenoxy) is 1. The van der Waals surface area contributed by atoms with Crippen molar-refractivity contribution in [2.24, 2.45) is 0 Å². The van der Waals surface area contributed by atoms with Crippen LogP contribution in [0.5, 0.6) is 0 Å². The van der Waals surface area contributed by atoms with Crippen molar-refractivity contribution in [3.05, 3.63) is 59.7 Å². The monoisotopic (exact) mass is 354 g/mol. The van der Waals surface area contributed by atoms with Crippen molar-refractivity contribution in [1.29, 1.82) is 5.26 Å². The minimum Gasteiger partial charge on any atom is -0.449 e. The number of nitrogens with one attached hydrogen (secondary N) is 1. The summed E-state index contributed by atoms with van der Waals surface area (Å²) in [6.45, 7) is 3.80. The maximum absolute atomic E-state index is 12.4. The highest BCUT2D eigenvalue weighted by molar-refractivity contribution is 7.99. The number of esters is 1. The van der Waals surface area contributed by atoms with Crippen LogP contribution < -0.4 is 5.32 Å². The van der Waals surface area contributed by atoms with Gasteiger partial charge in [0.1, 0.15) is 6.07 Å². The number of carbonyl (C=O) groups is 2. The average Bonchev–Trinajstić information content (AvgIpc) is 2.62. The van der Waals surface area contributed by atoms with Gasteiger partial charge in [0.25, 0.3) is 5.91 Å². The number of hydrogen-bond acceptors (Lipinski definition) is 5. The van der Waals surface area contributed by atoms with Crippen LogP contribution in [-0.4, -0.2) is 24.5 Å². The summed E-state index contributed by atoms with van der Waals surface area (Å²) in [5.41, 5.74) is 0.891. The van der Waals surface area contributed by atoms with Crippen molar-refractivity contribution >= 4 is 23.6 Å². The molecule has 25 heavy (non-hydrogen) atoms. The van der Waals surface area contributed by atoms with Crippen LogP contribution in [0.3, 0.4) is 0 Å². The van der Waals surface area contributed by atoms with Gasteiger partial charge < -0.3 is 10.1 Å². The SMILES string of the molecule is CCNC(=O)[C@@H](C)OC(=O)c1ccccc1Sc1ccccc1C#N. The molecule has 1 amide bonds. The third kappa shape index (κ3) is 4.85. The fraction of sp³-hybridized carbons (Fsp3) is 0.211. The van der Waals surface area contributed by atoms with Crippen molar-refractivity contribution in [3.8, 4) is 6.07 Å². The summed E-state index contributed by atoms with van der Waals surface area (Å²) >= 11 is 1.32. The van der Waals surface area contributed by atoms with E-state index in [1.165, 1.54) is 18.7 Å². The van der Waals surface area contributed by atoms with E-state index in [1.807, 2.05) is 12.1 Å². The lowest BCUT2D eigenvalue weighted by Crippen LogP contribution is -2.35. The van der Waals surface area contributed by atoms with Crippen LogP contribution in [0.25, 0.3) is 0 Å². The Labute approximate surface area is 151 Å². The van der Waals surface area contributed by atoms with E-state index in [0.717, 1.165) is 4.90 Å². The second-order valence-corrected chi connectivity index (χ2v) is 6.23. The second kappa shape index (κ2) is 8.90. The Balaban J connectivity index is 2.22. The smallest absolute Gasteiger partial charge is 0.340 e. The molecule has 0 aliphatic carbocycles. The van der Waals surface area contributed by atoms with Crippen LogP contribution in [0.2, 0.25) is 0 Å². The normalized spacial score (nSPS) is 11.2. The van der Waals surface area contributed by atoms with Crippen molar-refractivity contribution in [1.82, 2.24) is 5.32 Å². The fourth-order valence-corrected chi connectivity index (χ4v) is 3.10. The molecule has 0 aliphatic heterocycles. The first-order valence-corrected chi connectivity index (χ1v) is 8.63. The number of nitriles is 1. The van der Waals surface area contributed by atoms with Gasteiger partial charge in [-0.15, -0.1) is 0 Å². The van der Waals surface area contributed by atoms with E-state index in [9.17, 15) is 14.9 Å². The van der Waals surface area contributed by atoms with Crippen molar-refractivity contribution < 1.29 is 14.3 Å². The van der Waals surface area contributed by atoms with E-state index in [4.69, 9.17) is 4.74 Å². The van der Waals surface area contributed by atoms with Gasteiger partial charge in [-0.1, -0.05) is 36.0 Å². The van der Waals surface area contributed by atoms with Gasteiger partial charge in [-0.05, 0) is 38.1 Å². The molecular weight excluding hydrogens is 336 g/mol. The summed E-state index contributed by atoms with van der Waals surface area (Å²) in [6.07, 6.45) is -0.878. The van der Waals surface area contributed by atoms with Gasteiger partial charge in [-0.25, -0.2) is 4.79 Å². The molecule has 0 bridgehead atoms. The van der Waals surface area contributed by atoms with Crippen LogP contribution in [0.4, 0.5) is 0 Å². The van der Waals surface area contributed by atoms with E-state index in [-0.39, 0.29) is 5.91 Å². The minimum atomic E-state index is -0.878. The maximum atomic E-state index is 12.4. The van der Waals surface area contributed by atoms with Crippen LogP contribution in [0.1, 0.15) is 29.8 Å². The molecule has 0 heterocycles. The topological polar surface area (TPSA) is 79.2 Å². The molecule has 0 saturated heterocycles. The van der Waals surface area contributed by atoms with E-state index < -0.39 is 12.1 Å². The lowest BCUT2D eigenvalue weighted by Gasteiger charge is -2.14. The lowest BCUT2D eigenvalue weighted by molar-refractivity contribution is -0.128. The molecular formula is C19H18N2O3S. The average molecular weight is 354 g/mol. The largest absolute Gasteiger partial charge is 0.449 e. The first-order chi connectivity index (χ1) is 12.1. The number of likely N-dealkylation sites (N-methyl/N-ethyl adjacent to an activating group) is 1. The third-order valence-corrected chi connectivity index (χ3v) is 4.49. The lowest BCUT2D eigenvalue weighted by atomic mass is 10.2. The third-order valence-electron chi connectivity index (χ3n) is 3.34. The van der Waals surface area contributed by atoms with E-state index in [2.05, 4.69) is 11.4 Å². The second-order valence-electron chi connectivity index (χ2n) is 5.15. The maximum Gasteiger partial charge on any atom is 0.340 e. The molecule has 5 nitrogen and oxygen atoms in total. The molecule has 1 atom stereocenters. The summed E-state index contributed by atoms with van der Waals surface area (Å²) in [5.74, 6) is -0.910. The fourth-order valence-electron chi connectivity index (χ4n) is 2.09. The van der Waals surface area contributed by atoms with Crippen LogP contribution in [0, 0.1) is 11.3 Å². The number of hydrogen-bond donors (Lipinski definition) is 1. The Bertz CT molecular complexity index is 814. The van der Waals surface area contributed by atoms with Gasteiger partial charge in [0.2, 0.25) is 0 Å². The first-order valence-electron chi connectivity index (χ1n) is 7.81. The number of rotatable bonds is 6. The highest BCUT2D eigenvalue weighted by atomic mass is 32.2. The van der Waals surface area contributed by atoms with E-state index in [1.54, 1.807) is 43.3 Å². The van der Waals surface area contributed by atoms with Crippen LogP contribution >= 0.6 is 11.8 Å². The predicted octanol–water partition coefficient (Wildman–Crippen LogP) is 3.39. The summed E-state index contributed by atoms with van der Waals surface area (Å²) in [7, 11) is 0. The molecule has 0 radical (unpaired) electrons. The minimum absolute atomic E-state index is 0.337. The molecule has 2 rings (SSSR count). The molecule has 0 aliphatic rings. The molecule has 2 aromatic rings. The number of benzene rings is 2. The van der Waals surface area contributed by atoms with Crippen molar-refractivity contribution in [2.75, 3.05) is 6.54 Å². The zero-order chi connectivity index (χ0) is 18.2. The van der Waals surface area contributed by atoms with Crippen LogP contribution in [0.15, 0.2) is 58.3 Å². The van der Waals surface area contributed by atoms with E-state index in [0.29, 0.717) is 22.6 Å². The van der Waals surface area contributed by atoms with Crippen LogP contribution in [-0.2, 0) is 9.53 Å². The summed E-state index contributed by atoms with van der Waals surface area (Å²) in [6, 6.07) is 16.3. The highest BCUT2D eigenvalue weighted by Crippen LogP contribution is 2.32. The summed E-state index contributed by atoms with van der Waals surface area (Å²) in [5, 5.41) is 11.8. The molecule has 0 unspecified atom stereocenters. The zero-order valence-corrected chi connectivity index (χ0v) is 14.8. The Morgan fingerprint density at radius 3 is 2.48 bits per heavy atom. The molecule has 6 heteroatoms. The van der Waals surface area contributed by atoms with Gasteiger partial charge in [-0.3, -0.25) is 4.79 Å². The number of carbonyl (C=O) groups excluding carboxylic acids is 2. The van der Waals surface area contributed by atoms with Gasteiger partial charge in [0.05, 0.1) is 11.1 Å². The predicted molar refractivity (Wildman–Crippen MR) is 95.3 cm³/mol.